The van der Waals surface area contributed by atoms with Gasteiger partial charge in [-0.1, -0.05) is 19.1 Å². The second-order valence-electron chi connectivity index (χ2n) is 7.01. The topological polar surface area (TPSA) is 127 Å². The van der Waals surface area contributed by atoms with Gasteiger partial charge in [0.2, 0.25) is 0 Å². The maximum Gasteiger partial charge on any atom is 0.287 e. The number of sulfonamides is 1. The van der Waals surface area contributed by atoms with Gasteiger partial charge in [0, 0.05) is 24.3 Å². The molecule has 0 saturated heterocycles. The molecule has 0 unspecified atom stereocenters. The van der Waals surface area contributed by atoms with Gasteiger partial charge in [0.25, 0.3) is 21.8 Å². The number of carbonyl (C=O) groups is 2. The van der Waals surface area contributed by atoms with E-state index in [9.17, 15) is 18.0 Å². The van der Waals surface area contributed by atoms with Crippen molar-refractivity contribution in [2.75, 3.05) is 24.9 Å². The average molecular weight is 472 g/mol. The normalized spacial score (nSPS) is 11.0. The van der Waals surface area contributed by atoms with Crippen molar-refractivity contribution >= 4 is 27.5 Å². The first kappa shape index (κ1) is 23.9. The Hall–Kier alpha value is -3.79. The molecule has 174 valence electrons. The van der Waals surface area contributed by atoms with E-state index in [-0.39, 0.29) is 35.1 Å². The van der Waals surface area contributed by atoms with Gasteiger partial charge in [-0.25, -0.2) is 8.42 Å². The van der Waals surface area contributed by atoms with Gasteiger partial charge in [0.05, 0.1) is 13.4 Å². The number of methoxy groups -OCH3 is 1. The fourth-order valence-corrected chi connectivity index (χ4v) is 4.25. The molecule has 0 fully saturated rings. The van der Waals surface area contributed by atoms with Gasteiger partial charge in [-0.2, -0.15) is 0 Å². The number of ether oxygens (including phenoxy) is 1. The zero-order valence-corrected chi connectivity index (χ0v) is 19.1. The van der Waals surface area contributed by atoms with E-state index in [1.165, 1.54) is 37.6 Å². The smallest absolute Gasteiger partial charge is 0.287 e. The van der Waals surface area contributed by atoms with Crippen molar-refractivity contribution in [2.45, 2.75) is 18.2 Å². The molecule has 0 bridgehead atoms. The molecule has 0 spiro atoms. The summed E-state index contributed by atoms with van der Waals surface area (Å²) in [5.74, 6) is -0.614. The summed E-state index contributed by atoms with van der Waals surface area (Å²) < 4.78 is 38.7. The van der Waals surface area contributed by atoms with Gasteiger partial charge in [0.1, 0.15) is 10.6 Å². The van der Waals surface area contributed by atoms with Crippen molar-refractivity contribution in [3.05, 3.63) is 77.7 Å². The van der Waals surface area contributed by atoms with E-state index in [2.05, 4.69) is 15.4 Å². The number of benzene rings is 2. The highest BCUT2D eigenvalue weighted by molar-refractivity contribution is 7.92. The van der Waals surface area contributed by atoms with Crippen LogP contribution in [0.25, 0.3) is 0 Å². The minimum absolute atomic E-state index is 0.106. The van der Waals surface area contributed by atoms with E-state index in [1.807, 2.05) is 19.1 Å². The van der Waals surface area contributed by atoms with Crippen LogP contribution in [0.2, 0.25) is 0 Å². The minimum atomic E-state index is -4.02. The molecule has 1 heterocycles. The van der Waals surface area contributed by atoms with E-state index >= 15 is 0 Å². The molecule has 3 rings (SSSR count). The molecular weight excluding hydrogens is 446 g/mol. The second-order valence-corrected chi connectivity index (χ2v) is 8.66. The van der Waals surface area contributed by atoms with E-state index in [0.717, 1.165) is 12.0 Å². The van der Waals surface area contributed by atoms with Crippen LogP contribution in [0.3, 0.4) is 0 Å². The van der Waals surface area contributed by atoms with Crippen LogP contribution in [-0.4, -0.2) is 40.4 Å². The monoisotopic (exact) mass is 471 g/mol. The molecule has 2 amide bonds. The Balaban J connectivity index is 1.67. The Bertz CT molecular complexity index is 1210. The third-order valence-electron chi connectivity index (χ3n) is 4.77. The van der Waals surface area contributed by atoms with Gasteiger partial charge in [0.15, 0.2) is 5.76 Å². The standard InChI is InChI=1S/C23H25N3O6S/c1-3-16-6-9-18(10-7-16)26-33(29,30)21-15-17(8-11-19(21)31-2)22(27)24-12-13-25-23(28)20-5-4-14-32-20/h4-11,14-15,26H,3,12-13H2,1-2H3,(H,24,27)(H,25,28). The lowest BCUT2D eigenvalue weighted by Crippen LogP contribution is -2.34. The predicted octanol–water partition coefficient (Wildman–Crippen LogP) is 2.81. The van der Waals surface area contributed by atoms with Crippen LogP contribution in [0, 0.1) is 0 Å². The summed E-state index contributed by atoms with van der Waals surface area (Å²) >= 11 is 0. The molecular formula is C23H25N3O6S. The van der Waals surface area contributed by atoms with Gasteiger partial charge in [-0.3, -0.25) is 14.3 Å². The quantitative estimate of drug-likeness (QED) is 0.390. The molecule has 0 aliphatic heterocycles. The minimum Gasteiger partial charge on any atom is -0.495 e. The molecule has 10 heteroatoms. The first-order valence-electron chi connectivity index (χ1n) is 10.2. The zero-order valence-electron chi connectivity index (χ0n) is 18.3. The number of hydrogen-bond donors (Lipinski definition) is 3. The van der Waals surface area contributed by atoms with E-state index < -0.39 is 21.8 Å². The molecule has 2 aromatic carbocycles. The largest absolute Gasteiger partial charge is 0.495 e. The van der Waals surface area contributed by atoms with Crippen molar-refractivity contribution in [1.82, 2.24) is 10.6 Å². The summed E-state index contributed by atoms with van der Waals surface area (Å²) in [5, 5.41) is 5.25. The summed E-state index contributed by atoms with van der Waals surface area (Å²) in [7, 11) is -2.66. The van der Waals surface area contributed by atoms with Crippen LogP contribution in [0.1, 0.15) is 33.4 Å². The molecule has 0 radical (unpaired) electrons. The number of amides is 2. The fraction of sp³-hybridized carbons (Fsp3) is 0.217. The highest BCUT2D eigenvalue weighted by Crippen LogP contribution is 2.27. The number of carbonyl (C=O) groups excluding carboxylic acids is 2. The van der Waals surface area contributed by atoms with Gasteiger partial charge in [-0.15, -0.1) is 0 Å². The number of furan rings is 1. The molecule has 3 N–H and O–H groups in total. The number of rotatable bonds is 10. The van der Waals surface area contributed by atoms with Crippen LogP contribution in [0.5, 0.6) is 5.75 Å². The SMILES string of the molecule is CCc1ccc(NS(=O)(=O)c2cc(C(=O)NCCNC(=O)c3ccco3)ccc2OC)cc1. The second kappa shape index (κ2) is 10.7. The number of nitrogens with one attached hydrogen (secondary N) is 3. The Labute approximate surface area is 192 Å². The lowest BCUT2D eigenvalue weighted by atomic mass is 10.2. The summed E-state index contributed by atoms with van der Waals surface area (Å²) in [6.45, 7) is 2.32. The molecule has 0 atom stereocenters. The van der Waals surface area contributed by atoms with Crippen molar-refractivity contribution in [2.24, 2.45) is 0 Å². The summed E-state index contributed by atoms with van der Waals surface area (Å²) in [5.41, 5.74) is 1.61. The number of hydrogen-bond acceptors (Lipinski definition) is 6. The Morgan fingerprint density at radius 2 is 1.67 bits per heavy atom. The fourth-order valence-electron chi connectivity index (χ4n) is 3.00. The Morgan fingerprint density at radius 3 is 2.27 bits per heavy atom. The van der Waals surface area contributed by atoms with Crippen molar-refractivity contribution in [3.8, 4) is 5.75 Å². The first-order valence-corrected chi connectivity index (χ1v) is 11.7. The van der Waals surface area contributed by atoms with E-state index in [4.69, 9.17) is 9.15 Å². The third kappa shape index (κ3) is 6.13. The Kier molecular flexibility index (Phi) is 7.73. The average Bonchev–Trinajstić information content (AvgIpc) is 3.36. The Morgan fingerprint density at radius 1 is 0.970 bits per heavy atom. The lowest BCUT2D eigenvalue weighted by Gasteiger charge is -2.13. The highest BCUT2D eigenvalue weighted by Gasteiger charge is 2.22. The van der Waals surface area contributed by atoms with Crippen LogP contribution in [0.4, 0.5) is 5.69 Å². The van der Waals surface area contributed by atoms with Crippen molar-refractivity contribution < 1.29 is 27.2 Å². The van der Waals surface area contributed by atoms with Crippen LogP contribution in [-0.2, 0) is 16.4 Å². The summed E-state index contributed by atoms with van der Waals surface area (Å²) in [6, 6.07) is 14.3. The maximum atomic E-state index is 13.0. The number of anilines is 1. The first-order chi connectivity index (χ1) is 15.8. The zero-order chi connectivity index (χ0) is 23.8. The highest BCUT2D eigenvalue weighted by atomic mass is 32.2. The summed E-state index contributed by atoms with van der Waals surface area (Å²) in [4.78, 5) is 24.2. The molecule has 0 aliphatic carbocycles. The molecule has 1 aromatic heterocycles. The van der Waals surface area contributed by atoms with Gasteiger partial charge < -0.3 is 19.8 Å². The van der Waals surface area contributed by atoms with Crippen molar-refractivity contribution in [1.29, 1.82) is 0 Å². The molecule has 9 nitrogen and oxygen atoms in total. The molecule has 3 aromatic rings. The number of aryl methyl sites for hydroxylation is 1. The van der Waals surface area contributed by atoms with Crippen LogP contribution in [0.15, 0.2) is 70.2 Å². The van der Waals surface area contributed by atoms with Gasteiger partial charge in [-0.05, 0) is 54.4 Å². The molecule has 33 heavy (non-hydrogen) atoms. The molecule has 0 aliphatic rings. The van der Waals surface area contributed by atoms with E-state index in [0.29, 0.717) is 5.69 Å². The van der Waals surface area contributed by atoms with Crippen LogP contribution < -0.4 is 20.1 Å². The van der Waals surface area contributed by atoms with Crippen LogP contribution >= 0.6 is 0 Å². The van der Waals surface area contributed by atoms with Gasteiger partial charge >= 0.3 is 0 Å². The van der Waals surface area contributed by atoms with Crippen molar-refractivity contribution in [3.63, 3.8) is 0 Å². The predicted molar refractivity (Wildman–Crippen MR) is 123 cm³/mol. The lowest BCUT2D eigenvalue weighted by molar-refractivity contribution is 0.0910. The molecule has 0 saturated carbocycles. The van der Waals surface area contributed by atoms with E-state index in [1.54, 1.807) is 18.2 Å². The maximum absolute atomic E-state index is 13.0. The summed E-state index contributed by atoms with van der Waals surface area (Å²) in [6.07, 6.45) is 2.23. The third-order valence-corrected chi connectivity index (χ3v) is 6.17.